The summed E-state index contributed by atoms with van der Waals surface area (Å²) in [7, 11) is 0. The first-order valence-electron chi connectivity index (χ1n) is 3.87. The Bertz CT molecular complexity index is 243. The van der Waals surface area contributed by atoms with Crippen molar-refractivity contribution in [2.75, 3.05) is 13.1 Å². The van der Waals surface area contributed by atoms with Crippen LogP contribution in [0.2, 0.25) is 0 Å². The molecule has 0 saturated carbocycles. The van der Waals surface area contributed by atoms with Gasteiger partial charge in [-0.05, 0) is 6.92 Å². The Morgan fingerprint density at radius 1 is 1.25 bits per heavy atom. The van der Waals surface area contributed by atoms with Gasteiger partial charge in [0.15, 0.2) is 5.78 Å². The largest absolute Gasteiger partial charge is 0.339 e. The van der Waals surface area contributed by atoms with Crippen molar-refractivity contribution in [3.63, 3.8) is 0 Å². The van der Waals surface area contributed by atoms with Crippen molar-refractivity contribution in [2.24, 2.45) is 5.92 Å². The third kappa shape index (κ3) is 1.69. The monoisotopic (exact) mass is 169 g/mol. The summed E-state index contributed by atoms with van der Waals surface area (Å²) >= 11 is 0. The van der Waals surface area contributed by atoms with Crippen LogP contribution in [0.15, 0.2) is 0 Å². The fraction of sp³-hybridized carbons (Fsp3) is 0.625. The Morgan fingerprint density at radius 3 is 2.08 bits per heavy atom. The summed E-state index contributed by atoms with van der Waals surface area (Å²) in [6.07, 6.45) is 0. The lowest BCUT2D eigenvalue weighted by Gasteiger charge is -2.06. The predicted octanol–water partition coefficient (Wildman–Crippen LogP) is -0.377. The van der Waals surface area contributed by atoms with Crippen molar-refractivity contribution in [3.8, 4) is 0 Å². The second kappa shape index (κ2) is 3.05. The molecule has 1 aliphatic rings. The van der Waals surface area contributed by atoms with Crippen LogP contribution >= 0.6 is 0 Å². The van der Waals surface area contributed by atoms with E-state index in [-0.39, 0.29) is 5.91 Å². The highest BCUT2D eigenvalue weighted by atomic mass is 16.2. The van der Waals surface area contributed by atoms with Gasteiger partial charge in [-0.3, -0.25) is 14.4 Å². The minimum Gasteiger partial charge on any atom is -0.339 e. The van der Waals surface area contributed by atoms with E-state index < -0.39 is 17.5 Å². The van der Waals surface area contributed by atoms with Crippen LogP contribution in [0.25, 0.3) is 0 Å². The Balaban J connectivity index is 2.56. The Labute approximate surface area is 70.5 Å². The van der Waals surface area contributed by atoms with Crippen molar-refractivity contribution in [2.45, 2.75) is 13.8 Å². The molecule has 1 unspecified atom stereocenters. The highest BCUT2D eigenvalue weighted by Gasteiger charge is 2.33. The minimum absolute atomic E-state index is 0.227. The van der Waals surface area contributed by atoms with Crippen molar-refractivity contribution >= 4 is 17.5 Å². The van der Waals surface area contributed by atoms with Gasteiger partial charge in [0.25, 0.3) is 0 Å². The molecular weight excluding hydrogens is 158 g/mol. The van der Waals surface area contributed by atoms with Gasteiger partial charge in [0.1, 0.15) is 5.92 Å². The number of carbonyl (C=O) groups excluding carboxylic acids is 3. The van der Waals surface area contributed by atoms with Crippen molar-refractivity contribution in [1.82, 2.24) is 4.90 Å². The number of ketones is 2. The van der Waals surface area contributed by atoms with Crippen LogP contribution in [0.3, 0.4) is 0 Å². The molecular formula is C8H11NO3. The maximum atomic E-state index is 11.2. The van der Waals surface area contributed by atoms with Crippen LogP contribution in [-0.4, -0.2) is 35.5 Å². The summed E-state index contributed by atoms with van der Waals surface area (Å²) in [6.45, 7) is 4.10. The lowest BCUT2D eigenvalue weighted by molar-refractivity contribution is -0.143. The fourth-order valence-corrected chi connectivity index (χ4v) is 0.961. The maximum absolute atomic E-state index is 11.2. The first-order chi connectivity index (χ1) is 5.54. The zero-order valence-corrected chi connectivity index (χ0v) is 7.16. The Hall–Kier alpha value is -1.19. The number of amides is 1. The van der Waals surface area contributed by atoms with Crippen LogP contribution in [0.1, 0.15) is 13.8 Å². The molecule has 0 N–H and O–H groups in total. The van der Waals surface area contributed by atoms with Gasteiger partial charge in [-0.15, -0.1) is 0 Å². The van der Waals surface area contributed by atoms with Gasteiger partial charge in [0.05, 0.1) is 0 Å². The molecule has 0 aromatic carbocycles. The van der Waals surface area contributed by atoms with Gasteiger partial charge < -0.3 is 4.90 Å². The van der Waals surface area contributed by atoms with E-state index in [2.05, 4.69) is 0 Å². The predicted molar refractivity (Wildman–Crippen MR) is 41.4 cm³/mol. The third-order valence-electron chi connectivity index (χ3n) is 1.87. The van der Waals surface area contributed by atoms with Crippen LogP contribution in [0.4, 0.5) is 0 Å². The normalized spacial score (nSPS) is 17.0. The highest BCUT2D eigenvalue weighted by molar-refractivity contribution is 6.40. The van der Waals surface area contributed by atoms with Gasteiger partial charge in [-0.2, -0.15) is 0 Å². The standard InChI is InChI=1S/C8H11NO3/c1-5(7(11)6(2)10)8(12)9-3-4-9/h5H,3-4H2,1-2H3. The van der Waals surface area contributed by atoms with Gasteiger partial charge in [0, 0.05) is 20.0 Å². The number of hydrogen-bond acceptors (Lipinski definition) is 3. The summed E-state index contributed by atoms with van der Waals surface area (Å²) in [4.78, 5) is 34.4. The molecule has 0 aliphatic carbocycles. The van der Waals surface area contributed by atoms with Crippen LogP contribution in [-0.2, 0) is 14.4 Å². The lowest BCUT2D eigenvalue weighted by Crippen LogP contribution is -2.30. The van der Waals surface area contributed by atoms with Crippen molar-refractivity contribution in [3.05, 3.63) is 0 Å². The summed E-state index contributed by atoms with van der Waals surface area (Å²) in [6, 6.07) is 0. The molecule has 4 nitrogen and oxygen atoms in total. The fourth-order valence-electron chi connectivity index (χ4n) is 0.961. The molecule has 1 aliphatic heterocycles. The molecule has 1 amide bonds. The van der Waals surface area contributed by atoms with E-state index in [9.17, 15) is 14.4 Å². The van der Waals surface area contributed by atoms with Gasteiger partial charge in [0.2, 0.25) is 11.7 Å². The number of Topliss-reactive ketones (excluding diaryl/α,β-unsaturated/α-hetero) is 2. The molecule has 0 radical (unpaired) electrons. The van der Waals surface area contributed by atoms with E-state index in [0.717, 1.165) is 0 Å². The molecule has 1 fully saturated rings. The topological polar surface area (TPSA) is 54.2 Å². The molecule has 4 heteroatoms. The lowest BCUT2D eigenvalue weighted by atomic mass is 10.0. The van der Waals surface area contributed by atoms with Crippen molar-refractivity contribution in [1.29, 1.82) is 0 Å². The van der Waals surface area contributed by atoms with E-state index in [1.165, 1.54) is 13.8 Å². The summed E-state index contributed by atoms with van der Waals surface area (Å²) in [5.41, 5.74) is 0. The second-order valence-corrected chi connectivity index (χ2v) is 2.97. The first kappa shape index (κ1) is 8.90. The smallest absolute Gasteiger partial charge is 0.233 e. The van der Waals surface area contributed by atoms with Crippen molar-refractivity contribution < 1.29 is 14.4 Å². The average Bonchev–Trinajstić information content (AvgIpc) is 2.82. The van der Waals surface area contributed by atoms with E-state index in [1.807, 2.05) is 0 Å². The molecule has 66 valence electrons. The quantitative estimate of drug-likeness (QED) is 0.329. The third-order valence-corrected chi connectivity index (χ3v) is 1.87. The summed E-state index contributed by atoms with van der Waals surface area (Å²) < 4.78 is 0. The molecule has 1 heterocycles. The van der Waals surface area contributed by atoms with E-state index in [1.54, 1.807) is 4.90 Å². The van der Waals surface area contributed by atoms with Gasteiger partial charge >= 0.3 is 0 Å². The Morgan fingerprint density at radius 2 is 1.75 bits per heavy atom. The van der Waals surface area contributed by atoms with Crippen LogP contribution < -0.4 is 0 Å². The van der Waals surface area contributed by atoms with Crippen LogP contribution in [0.5, 0.6) is 0 Å². The molecule has 0 spiro atoms. The van der Waals surface area contributed by atoms with E-state index >= 15 is 0 Å². The first-order valence-corrected chi connectivity index (χ1v) is 3.87. The van der Waals surface area contributed by atoms with Crippen LogP contribution in [0, 0.1) is 5.92 Å². The molecule has 1 saturated heterocycles. The molecule has 1 atom stereocenters. The number of hydrogen-bond donors (Lipinski definition) is 0. The molecule has 1 rings (SSSR count). The SMILES string of the molecule is CC(=O)C(=O)C(C)C(=O)N1CC1. The van der Waals surface area contributed by atoms with E-state index in [4.69, 9.17) is 0 Å². The second-order valence-electron chi connectivity index (χ2n) is 2.97. The molecule has 0 aromatic heterocycles. The van der Waals surface area contributed by atoms with E-state index in [0.29, 0.717) is 13.1 Å². The number of rotatable bonds is 3. The Kier molecular flexibility index (Phi) is 2.26. The molecule has 12 heavy (non-hydrogen) atoms. The molecule has 0 aromatic rings. The average molecular weight is 169 g/mol. The number of carbonyl (C=O) groups is 3. The zero-order valence-electron chi connectivity index (χ0n) is 7.16. The molecule has 0 bridgehead atoms. The highest BCUT2D eigenvalue weighted by Crippen LogP contribution is 2.11. The maximum Gasteiger partial charge on any atom is 0.233 e. The number of nitrogens with zero attached hydrogens (tertiary/aromatic N) is 1. The summed E-state index contributed by atoms with van der Waals surface area (Å²) in [5.74, 6) is -2.15. The minimum atomic E-state index is -0.787. The summed E-state index contributed by atoms with van der Waals surface area (Å²) in [5, 5.41) is 0. The zero-order chi connectivity index (χ0) is 9.30. The van der Waals surface area contributed by atoms with Gasteiger partial charge in [-0.1, -0.05) is 0 Å². The van der Waals surface area contributed by atoms with Gasteiger partial charge in [-0.25, -0.2) is 0 Å².